The van der Waals surface area contributed by atoms with E-state index >= 15 is 0 Å². The first kappa shape index (κ1) is 11.0. The molecule has 2 saturated heterocycles. The Morgan fingerprint density at radius 1 is 1.35 bits per heavy atom. The zero-order valence-corrected chi connectivity index (χ0v) is 10.0. The average Bonchev–Trinajstić information content (AvgIpc) is 2.69. The van der Waals surface area contributed by atoms with Gasteiger partial charge in [0.15, 0.2) is 0 Å². The van der Waals surface area contributed by atoms with E-state index in [2.05, 4.69) is 0 Å². The number of methoxy groups -OCH3 is 1. The zero-order chi connectivity index (χ0) is 12.2. The molecular weight excluding hydrogens is 220 g/mol. The Hall–Kier alpha value is -1.10. The van der Waals surface area contributed by atoms with Gasteiger partial charge in [0.05, 0.1) is 6.10 Å². The van der Waals surface area contributed by atoms with Crippen molar-refractivity contribution in [3.05, 3.63) is 0 Å². The van der Waals surface area contributed by atoms with Crippen LogP contribution < -0.4 is 5.73 Å². The van der Waals surface area contributed by atoms with Gasteiger partial charge in [-0.2, -0.15) is 0 Å². The van der Waals surface area contributed by atoms with Crippen LogP contribution in [0.15, 0.2) is 0 Å². The zero-order valence-electron chi connectivity index (χ0n) is 10.0. The summed E-state index contributed by atoms with van der Waals surface area (Å²) in [6.07, 6.45) is 3.32. The molecule has 17 heavy (non-hydrogen) atoms. The van der Waals surface area contributed by atoms with Crippen LogP contribution in [0.3, 0.4) is 0 Å². The minimum absolute atomic E-state index is 0.0375. The molecule has 2 aliphatic heterocycles. The van der Waals surface area contributed by atoms with Crippen LogP contribution in [0.5, 0.6) is 0 Å². The van der Waals surface area contributed by atoms with Gasteiger partial charge < -0.3 is 15.4 Å². The van der Waals surface area contributed by atoms with Crippen LogP contribution in [0.4, 0.5) is 0 Å². The fraction of sp³-hybridized carbons (Fsp3) is 0.833. The second-order valence-corrected chi connectivity index (χ2v) is 5.64. The van der Waals surface area contributed by atoms with E-state index in [1.807, 2.05) is 0 Å². The van der Waals surface area contributed by atoms with E-state index in [0.717, 1.165) is 32.2 Å². The van der Waals surface area contributed by atoms with E-state index in [0.29, 0.717) is 5.92 Å². The summed E-state index contributed by atoms with van der Waals surface area (Å²) in [5.74, 6) is 0.305. The lowest BCUT2D eigenvalue weighted by molar-refractivity contribution is -0.152. The lowest BCUT2D eigenvalue weighted by Gasteiger charge is -2.42. The number of rotatable bonds is 3. The van der Waals surface area contributed by atoms with Gasteiger partial charge in [-0.15, -0.1) is 0 Å². The highest BCUT2D eigenvalue weighted by atomic mass is 16.5. The average molecular weight is 238 g/mol. The Morgan fingerprint density at radius 2 is 2.00 bits per heavy atom. The van der Waals surface area contributed by atoms with Gasteiger partial charge in [-0.1, -0.05) is 0 Å². The SMILES string of the molecule is COC1CC(C(=O)N2CC3CC2(C(N)=O)C3)C1. The molecule has 0 spiro atoms. The number of amides is 2. The molecule has 4 aliphatic rings. The minimum atomic E-state index is -0.639. The predicted molar refractivity (Wildman–Crippen MR) is 59.9 cm³/mol. The molecule has 2 heterocycles. The van der Waals surface area contributed by atoms with Crippen molar-refractivity contribution in [2.45, 2.75) is 37.3 Å². The van der Waals surface area contributed by atoms with Crippen molar-refractivity contribution in [1.82, 2.24) is 4.90 Å². The van der Waals surface area contributed by atoms with Crippen molar-refractivity contribution < 1.29 is 14.3 Å². The maximum atomic E-state index is 12.3. The van der Waals surface area contributed by atoms with E-state index in [4.69, 9.17) is 10.5 Å². The van der Waals surface area contributed by atoms with E-state index in [-0.39, 0.29) is 23.8 Å². The number of ether oxygens (including phenoxy) is 1. The molecule has 2 amide bonds. The predicted octanol–water partition coefficient (Wildman–Crippen LogP) is -0.112. The van der Waals surface area contributed by atoms with Crippen molar-refractivity contribution in [2.24, 2.45) is 17.6 Å². The van der Waals surface area contributed by atoms with Gasteiger partial charge in [-0.05, 0) is 31.6 Å². The van der Waals surface area contributed by atoms with Gasteiger partial charge in [-0.25, -0.2) is 0 Å². The van der Waals surface area contributed by atoms with Crippen molar-refractivity contribution in [3.63, 3.8) is 0 Å². The van der Waals surface area contributed by atoms with Crippen molar-refractivity contribution in [3.8, 4) is 0 Å². The van der Waals surface area contributed by atoms with Gasteiger partial charge >= 0.3 is 0 Å². The Kier molecular flexibility index (Phi) is 2.23. The maximum Gasteiger partial charge on any atom is 0.243 e. The Bertz CT molecular complexity index is 370. The van der Waals surface area contributed by atoms with E-state index in [1.165, 1.54) is 0 Å². The molecule has 2 aliphatic carbocycles. The van der Waals surface area contributed by atoms with Gasteiger partial charge in [-0.3, -0.25) is 9.59 Å². The third kappa shape index (κ3) is 1.35. The third-order valence-corrected chi connectivity index (χ3v) is 4.71. The first-order valence-electron chi connectivity index (χ1n) is 6.21. The smallest absolute Gasteiger partial charge is 0.243 e. The number of carbonyl (C=O) groups excluding carboxylic acids is 2. The molecule has 4 fully saturated rings. The molecule has 0 aromatic heterocycles. The Morgan fingerprint density at radius 3 is 2.53 bits per heavy atom. The number of nitrogens with two attached hydrogens (primary N) is 1. The van der Waals surface area contributed by atoms with Crippen LogP contribution >= 0.6 is 0 Å². The molecule has 2 N–H and O–H groups in total. The number of carbonyl (C=O) groups is 2. The number of hydrogen-bond donors (Lipinski definition) is 1. The normalized spacial score (nSPS) is 42.9. The molecular formula is C12H18N2O3. The van der Waals surface area contributed by atoms with Crippen molar-refractivity contribution in [1.29, 1.82) is 0 Å². The second kappa shape index (κ2) is 3.45. The third-order valence-electron chi connectivity index (χ3n) is 4.71. The quantitative estimate of drug-likeness (QED) is 0.745. The van der Waals surface area contributed by atoms with Crippen molar-refractivity contribution >= 4 is 11.8 Å². The van der Waals surface area contributed by atoms with Gasteiger partial charge in [0.25, 0.3) is 0 Å². The Labute approximate surface area is 100 Å². The summed E-state index contributed by atoms with van der Waals surface area (Å²) in [6, 6.07) is 0. The molecule has 0 aromatic carbocycles. The van der Waals surface area contributed by atoms with E-state index in [1.54, 1.807) is 12.0 Å². The monoisotopic (exact) mass is 238 g/mol. The van der Waals surface area contributed by atoms with Crippen LogP contribution in [0.1, 0.15) is 25.7 Å². The summed E-state index contributed by atoms with van der Waals surface area (Å²) in [5, 5.41) is 0. The van der Waals surface area contributed by atoms with Crippen LogP contribution in [0, 0.1) is 11.8 Å². The molecule has 5 nitrogen and oxygen atoms in total. The minimum Gasteiger partial charge on any atom is -0.381 e. The van der Waals surface area contributed by atoms with E-state index < -0.39 is 5.54 Å². The highest BCUT2D eigenvalue weighted by Crippen LogP contribution is 2.51. The summed E-state index contributed by atoms with van der Waals surface area (Å²) < 4.78 is 5.18. The molecule has 2 bridgehead atoms. The number of nitrogens with zero attached hydrogens (tertiary/aromatic N) is 1. The van der Waals surface area contributed by atoms with Crippen molar-refractivity contribution in [2.75, 3.05) is 13.7 Å². The van der Waals surface area contributed by atoms with Crippen LogP contribution in [-0.2, 0) is 14.3 Å². The summed E-state index contributed by atoms with van der Waals surface area (Å²) in [5.41, 5.74) is 4.81. The van der Waals surface area contributed by atoms with Crippen LogP contribution in [-0.4, -0.2) is 42.0 Å². The standard InChI is InChI=1S/C12H18N2O3/c1-17-9-2-8(3-9)10(15)14-6-7-4-12(14,5-7)11(13)16/h7-9H,2-6H2,1H3,(H2,13,16). The summed E-state index contributed by atoms with van der Waals surface area (Å²) in [7, 11) is 1.67. The van der Waals surface area contributed by atoms with E-state index in [9.17, 15) is 9.59 Å². The molecule has 0 radical (unpaired) electrons. The molecule has 4 rings (SSSR count). The van der Waals surface area contributed by atoms with Gasteiger partial charge in [0.1, 0.15) is 5.54 Å². The summed E-state index contributed by atoms with van der Waals surface area (Å²) >= 11 is 0. The molecule has 0 aromatic rings. The summed E-state index contributed by atoms with van der Waals surface area (Å²) in [4.78, 5) is 25.6. The first-order chi connectivity index (χ1) is 8.06. The Balaban J connectivity index is 1.69. The fourth-order valence-electron chi connectivity index (χ4n) is 3.49. The molecule has 5 heteroatoms. The number of primary amides is 1. The lowest BCUT2D eigenvalue weighted by atomic mass is 9.72. The number of hydrogen-bond acceptors (Lipinski definition) is 3. The van der Waals surface area contributed by atoms with Crippen LogP contribution in [0.2, 0.25) is 0 Å². The summed E-state index contributed by atoms with van der Waals surface area (Å²) in [6.45, 7) is 0.718. The molecule has 0 unspecified atom stereocenters. The largest absolute Gasteiger partial charge is 0.381 e. The molecule has 2 saturated carbocycles. The van der Waals surface area contributed by atoms with Gasteiger partial charge in [0, 0.05) is 19.6 Å². The fourth-order valence-corrected chi connectivity index (χ4v) is 3.49. The highest BCUT2D eigenvalue weighted by molar-refractivity contribution is 5.93. The topological polar surface area (TPSA) is 72.6 Å². The van der Waals surface area contributed by atoms with Crippen LogP contribution in [0.25, 0.3) is 0 Å². The van der Waals surface area contributed by atoms with Gasteiger partial charge in [0.2, 0.25) is 11.8 Å². The second-order valence-electron chi connectivity index (χ2n) is 5.64. The maximum absolute atomic E-state index is 12.3. The first-order valence-corrected chi connectivity index (χ1v) is 6.21. The number of fused-ring (bicyclic) bond motifs is 1. The molecule has 94 valence electrons. The molecule has 0 atom stereocenters. The lowest BCUT2D eigenvalue weighted by Crippen LogP contribution is -2.59. The highest BCUT2D eigenvalue weighted by Gasteiger charge is 2.62.